The first-order valence-corrected chi connectivity index (χ1v) is 4.06. The summed E-state index contributed by atoms with van der Waals surface area (Å²) in [6, 6.07) is 11.1. The number of benzene rings is 1. The monoisotopic (exact) mass is 216 g/mol. The minimum atomic E-state index is -0.417. The molecule has 2 N–H and O–H groups in total. The number of non-ortho nitro benzene ring substituents is 1. The van der Waals surface area contributed by atoms with E-state index in [1.165, 1.54) is 12.1 Å². The highest BCUT2D eigenvalue weighted by atomic mass is 16.6. The first kappa shape index (κ1) is 13.1. The van der Waals surface area contributed by atoms with Crippen LogP contribution in [0, 0.1) is 32.8 Å². The number of allylic oxidation sites excluding steroid dienone is 2. The van der Waals surface area contributed by atoms with Crippen molar-refractivity contribution in [3.05, 3.63) is 52.2 Å². The van der Waals surface area contributed by atoms with Crippen molar-refractivity contribution >= 4 is 5.69 Å². The second-order valence-electron chi connectivity index (χ2n) is 2.43. The molecule has 0 atom stereocenters. The smallest absolute Gasteiger partial charge is 0.269 e. The van der Waals surface area contributed by atoms with Crippen LogP contribution >= 0.6 is 0 Å². The summed E-state index contributed by atoms with van der Waals surface area (Å²) in [6.07, 6.45) is 0.986. The van der Waals surface area contributed by atoms with Gasteiger partial charge in [0.05, 0.1) is 11.0 Å². The summed E-state index contributed by atoms with van der Waals surface area (Å²) < 4.78 is 0. The number of nitriles is 2. The number of hydrogen-bond acceptors (Lipinski definition) is 5. The van der Waals surface area contributed by atoms with E-state index < -0.39 is 4.92 Å². The summed E-state index contributed by atoms with van der Waals surface area (Å²) in [6.45, 7) is 0. The lowest BCUT2D eigenvalue weighted by Gasteiger charge is -1.85. The topological polar surface area (TPSA) is 117 Å². The van der Waals surface area contributed by atoms with E-state index in [0.29, 0.717) is 0 Å². The van der Waals surface area contributed by atoms with E-state index in [0.717, 1.165) is 6.08 Å². The highest BCUT2D eigenvalue weighted by Crippen LogP contribution is 2.06. The van der Waals surface area contributed by atoms with Crippen molar-refractivity contribution in [3.8, 4) is 12.1 Å². The van der Waals surface area contributed by atoms with Crippen LogP contribution in [0.4, 0.5) is 5.69 Å². The highest BCUT2D eigenvalue weighted by molar-refractivity contribution is 5.28. The third kappa shape index (κ3) is 5.73. The van der Waals surface area contributed by atoms with Gasteiger partial charge in [0.25, 0.3) is 5.69 Å². The molecule has 0 saturated heterocycles. The molecule has 0 amide bonds. The van der Waals surface area contributed by atoms with Crippen LogP contribution in [0.2, 0.25) is 0 Å². The van der Waals surface area contributed by atoms with Gasteiger partial charge in [-0.3, -0.25) is 10.1 Å². The van der Waals surface area contributed by atoms with Gasteiger partial charge in [-0.1, -0.05) is 18.2 Å². The van der Waals surface area contributed by atoms with E-state index in [2.05, 4.69) is 0 Å². The molecule has 0 bridgehead atoms. The number of nitro groups is 1. The highest BCUT2D eigenvalue weighted by Gasteiger charge is 1.98. The molecule has 0 fully saturated rings. The molecule has 16 heavy (non-hydrogen) atoms. The van der Waals surface area contributed by atoms with Gasteiger partial charge in [0.15, 0.2) is 0 Å². The van der Waals surface area contributed by atoms with Crippen molar-refractivity contribution < 1.29 is 4.92 Å². The molecule has 0 aliphatic rings. The van der Waals surface area contributed by atoms with Crippen LogP contribution in [0.3, 0.4) is 0 Å². The van der Waals surface area contributed by atoms with Gasteiger partial charge in [0, 0.05) is 18.2 Å². The maximum atomic E-state index is 10.0. The number of nitrogens with zero attached hydrogens (tertiary/aromatic N) is 3. The molecule has 6 heteroatoms. The van der Waals surface area contributed by atoms with E-state index in [1.807, 2.05) is 0 Å². The number of nitrogens with two attached hydrogens (primary N) is 1. The Morgan fingerprint density at radius 3 is 2.19 bits per heavy atom. The summed E-state index contributed by atoms with van der Waals surface area (Å²) in [5.74, 6) is 0. The van der Waals surface area contributed by atoms with Crippen molar-refractivity contribution in [2.75, 3.05) is 0 Å². The number of para-hydroxylation sites is 1. The normalized spacial score (nSPS) is 9.00. The molecule has 0 spiro atoms. The molecule has 1 rings (SSSR count). The molecule has 80 valence electrons. The fraction of sp³-hybridized carbons (Fsp3) is 0. The van der Waals surface area contributed by atoms with E-state index in [9.17, 15) is 10.1 Å². The lowest BCUT2D eigenvalue weighted by atomic mass is 10.3. The molecule has 1 aromatic carbocycles. The van der Waals surface area contributed by atoms with Gasteiger partial charge in [0.1, 0.15) is 11.8 Å². The average Bonchev–Trinajstić information content (AvgIpc) is 2.31. The third-order valence-electron chi connectivity index (χ3n) is 1.32. The van der Waals surface area contributed by atoms with Crippen molar-refractivity contribution in [3.63, 3.8) is 0 Å². The number of rotatable bonds is 1. The van der Waals surface area contributed by atoms with E-state index in [4.69, 9.17) is 16.3 Å². The minimum absolute atomic E-state index is 0.0532. The van der Waals surface area contributed by atoms with E-state index in [-0.39, 0.29) is 11.4 Å². The van der Waals surface area contributed by atoms with Gasteiger partial charge < -0.3 is 5.73 Å². The Hall–Kier alpha value is -2.86. The first-order chi connectivity index (χ1) is 7.61. The van der Waals surface area contributed by atoms with Crippen molar-refractivity contribution in [2.24, 2.45) is 5.73 Å². The molecule has 0 unspecified atom stereocenters. The molecule has 6 nitrogen and oxygen atoms in total. The van der Waals surface area contributed by atoms with Crippen molar-refractivity contribution in [1.29, 1.82) is 10.5 Å². The van der Waals surface area contributed by atoms with Gasteiger partial charge in [-0.25, -0.2) is 0 Å². The van der Waals surface area contributed by atoms with Crippen LogP contribution in [-0.2, 0) is 0 Å². The number of nitro benzene ring substituents is 1. The standard InChI is InChI=1S/C6H5NO2.C4H3N3/c8-7(9)6-4-2-1-3-5-6;5-2-1-4(7)3-6/h1-5H;1H,7H2/b;4-1+. The Bertz CT molecular complexity index is 454. The van der Waals surface area contributed by atoms with E-state index >= 15 is 0 Å². The molecular weight excluding hydrogens is 208 g/mol. The van der Waals surface area contributed by atoms with Crippen LogP contribution in [-0.4, -0.2) is 4.92 Å². The summed E-state index contributed by atoms with van der Waals surface area (Å²) in [7, 11) is 0. The van der Waals surface area contributed by atoms with Gasteiger partial charge in [-0.2, -0.15) is 10.5 Å². The van der Waals surface area contributed by atoms with Gasteiger partial charge in [0.2, 0.25) is 0 Å². The van der Waals surface area contributed by atoms with Gasteiger partial charge in [-0.15, -0.1) is 0 Å². The van der Waals surface area contributed by atoms with Crippen LogP contribution in [0.1, 0.15) is 0 Å². The number of hydrogen-bond donors (Lipinski definition) is 1. The molecule has 0 heterocycles. The zero-order valence-electron chi connectivity index (χ0n) is 8.20. The lowest BCUT2D eigenvalue weighted by molar-refractivity contribution is -0.384. The molecule has 0 aromatic heterocycles. The molecule has 0 aliphatic carbocycles. The van der Waals surface area contributed by atoms with Crippen LogP contribution < -0.4 is 5.73 Å². The predicted molar refractivity (Wildman–Crippen MR) is 56.6 cm³/mol. The third-order valence-corrected chi connectivity index (χ3v) is 1.32. The second-order valence-corrected chi connectivity index (χ2v) is 2.43. The zero-order valence-corrected chi connectivity index (χ0v) is 8.20. The first-order valence-electron chi connectivity index (χ1n) is 4.06. The van der Waals surface area contributed by atoms with Gasteiger partial charge >= 0.3 is 0 Å². The minimum Gasteiger partial charge on any atom is -0.390 e. The molecule has 0 radical (unpaired) electrons. The predicted octanol–water partition coefficient (Wildman–Crippen LogP) is 1.47. The summed E-state index contributed by atoms with van der Waals surface area (Å²) >= 11 is 0. The Balaban J connectivity index is 0.000000293. The lowest BCUT2D eigenvalue weighted by Crippen LogP contribution is -1.90. The maximum absolute atomic E-state index is 10.0. The molecule has 0 saturated carbocycles. The Morgan fingerprint density at radius 1 is 1.38 bits per heavy atom. The molecule has 1 aromatic rings. The second kappa shape index (κ2) is 7.54. The Labute approximate surface area is 92.0 Å². The molecular formula is C10H8N4O2. The summed E-state index contributed by atoms with van der Waals surface area (Å²) in [5, 5.41) is 25.7. The van der Waals surface area contributed by atoms with Crippen LogP contribution in [0.25, 0.3) is 0 Å². The Kier molecular flexibility index (Phi) is 6.19. The summed E-state index contributed by atoms with van der Waals surface area (Å²) in [4.78, 5) is 9.59. The van der Waals surface area contributed by atoms with Crippen molar-refractivity contribution in [1.82, 2.24) is 0 Å². The van der Waals surface area contributed by atoms with Crippen LogP contribution in [0.15, 0.2) is 42.1 Å². The van der Waals surface area contributed by atoms with Gasteiger partial charge in [-0.05, 0) is 0 Å². The van der Waals surface area contributed by atoms with E-state index in [1.54, 1.807) is 30.3 Å². The average molecular weight is 216 g/mol. The quantitative estimate of drug-likeness (QED) is 0.433. The zero-order chi connectivity index (χ0) is 12.4. The fourth-order valence-corrected chi connectivity index (χ4v) is 0.652. The largest absolute Gasteiger partial charge is 0.390 e. The van der Waals surface area contributed by atoms with Crippen molar-refractivity contribution in [2.45, 2.75) is 0 Å². The summed E-state index contributed by atoms with van der Waals surface area (Å²) in [5.41, 5.74) is 4.94. The SMILES string of the molecule is N#C/C=C(/N)C#N.O=[N+]([O-])c1ccccc1. The Morgan fingerprint density at radius 2 is 1.94 bits per heavy atom. The van der Waals surface area contributed by atoms with Crippen LogP contribution in [0.5, 0.6) is 0 Å². The fourth-order valence-electron chi connectivity index (χ4n) is 0.652. The molecule has 0 aliphatic heterocycles. The maximum Gasteiger partial charge on any atom is 0.269 e.